The number of halogens is 1. The molecule has 2 fully saturated rings. The Labute approximate surface area is 187 Å². The Balaban J connectivity index is 1.28. The van der Waals surface area contributed by atoms with E-state index in [9.17, 15) is 4.39 Å². The first-order valence-electron chi connectivity index (χ1n) is 12.1. The quantitative estimate of drug-likeness (QED) is 0.316. The van der Waals surface area contributed by atoms with E-state index in [-0.39, 0.29) is 0 Å². The van der Waals surface area contributed by atoms with Crippen LogP contribution in [-0.4, -0.2) is 0 Å². The van der Waals surface area contributed by atoms with Crippen molar-refractivity contribution in [3.63, 3.8) is 0 Å². The predicted octanol–water partition coefficient (Wildman–Crippen LogP) is 8.13. The number of hydrogen-bond donors (Lipinski definition) is 0. The fraction of sp³-hybridized carbons (Fsp3) is 0.571. The van der Waals surface area contributed by atoms with Crippen molar-refractivity contribution in [2.45, 2.75) is 83.0 Å². The zero-order chi connectivity index (χ0) is 21.9. The average molecular weight is 419 g/mol. The van der Waals surface area contributed by atoms with Gasteiger partial charge in [0.2, 0.25) is 0 Å². The summed E-state index contributed by atoms with van der Waals surface area (Å²) in [5.74, 6) is 2.59. The van der Waals surface area contributed by atoms with Gasteiger partial charge in [0, 0.05) is 0 Å². The number of allylic oxidation sites excluding steroid dienone is 4. The second-order valence-corrected chi connectivity index (χ2v) is 9.55. The fourth-order valence-electron chi connectivity index (χ4n) is 5.51. The molecule has 0 aliphatic heterocycles. The summed E-state index contributed by atoms with van der Waals surface area (Å²) in [7, 11) is 0. The highest BCUT2D eigenvalue weighted by Crippen LogP contribution is 2.40. The van der Waals surface area contributed by atoms with E-state index in [0.29, 0.717) is 5.92 Å². The van der Waals surface area contributed by atoms with Crippen LogP contribution in [-0.2, 0) is 0 Å². The molecule has 2 aliphatic rings. The number of nitrogens with zero attached hydrogens (tertiary/aromatic N) is 2. The molecule has 1 aromatic rings. The summed E-state index contributed by atoms with van der Waals surface area (Å²) < 4.78 is 12.7. The van der Waals surface area contributed by atoms with E-state index >= 15 is 0 Å². The van der Waals surface area contributed by atoms with Crippen molar-refractivity contribution in [1.29, 1.82) is 10.5 Å². The summed E-state index contributed by atoms with van der Waals surface area (Å²) in [6, 6.07) is 11.9. The van der Waals surface area contributed by atoms with Crippen LogP contribution in [0.4, 0.5) is 4.39 Å². The van der Waals surface area contributed by atoms with Gasteiger partial charge in [-0.1, -0.05) is 62.8 Å². The van der Waals surface area contributed by atoms with Crippen LogP contribution in [0.25, 0.3) is 0 Å². The maximum atomic E-state index is 12.7. The molecule has 0 bridgehead atoms. The third-order valence-corrected chi connectivity index (χ3v) is 7.53. The third-order valence-electron chi connectivity index (χ3n) is 7.53. The lowest BCUT2D eigenvalue weighted by atomic mass is 9.74. The molecular formula is C28H35FN2. The lowest BCUT2D eigenvalue weighted by Gasteiger charge is -2.32. The normalized spacial score (nSPS) is 27.0. The van der Waals surface area contributed by atoms with Gasteiger partial charge in [-0.3, -0.25) is 0 Å². The molecule has 0 radical (unpaired) electrons. The van der Waals surface area contributed by atoms with Crippen LogP contribution in [0.15, 0.2) is 48.3 Å². The molecule has 31 heavy (non-hydrogen) atoms. The molecule has 0 aromatic heterocycles. The third kappa shape index (κ3) is 7.66. The standard InChI is InChI=1S/C28H35FN2/c29-28(21-31)5-3-1-2-4-22-6-8-23(9-7-22)10-11-24-12-16-26(17-13-24)27-18-14-25(20-30)15-19-27/h1,3,5,14-15,18-19,22-24,26H,2,4,6-13,16-17H2/b3-1+,28-5-. The highest BCUT2D eigenvalue weighted by atomic mass is 19.1. The fourth-order valence-corrected chi connectivity index (χ4v) is 5.51. The van der Waals surface area contributed by atoms with Crippen LogP contribution in [0, 0.1) is 40.4 Å². The molecule has 2 saturated carbocycles. The molecule has 1 aromatic carbocycles. The smallest absolute Gasteiger partial charge is 0.195 e. The highest BCUT2D eigenvalue weighted by Gasteiger charge is 2.25. The molecule has 0 unspecified atom stereocenters. The van der Waals surface area contributed by atoms with E-state index in [4.69, 9.17) is 10.5 Å². The van der Waals surface area contributed by atoms with Crippen molar-refractivity contribution in [3.05, 3.63) is 59.4 Å². The molecule has 2 nitrogen and oxygen atoms in total. The van der Waals surface area contributed by atoms with Gasteiger partial charge in [-0.25, -0.2) is 0 Å². The Hall–Kier alpha value is -2.39. The topological polar surface area (TPSA) is 47.6 Å². The van der Waals surface area contributed by atoms with E-state index in [2.05, 4.69) is 18.2 Å². The zero-order valence-electron chi connectivity index (χ0n) is 18.6. The maximum Gasteiger partial charge on any atom is 0.199 e. The van der Waals surface area contributed by atoms with Crippen LogP contribution in [0.1, 0.15) is 94.1 Å². The predicted molar refractivity (Wildman–Crippen MR) is 124 cm³/mol. The van der Waals surface area contributed by atoms with Gasteiger partial charge in [0.1, 0.15) is 6.07 Å². The minimum atomic E-state index is -0.723. The summed E-state index contributed by atoms with van der Waals surface area (Å²) in [5, 5.41) is 17.3. The molecule has 3 heteroatoms. The van der Waals surface area contributed by atoms with Gasteiger partial charge in [-0.15, -0.1) is 0 Å². The minimum absolute atomic E-state index is 0.681. The van der Waals surface area contributed by atoms with Crippen LogP contribution in [0.2, 0.25) is 0 Å². The summed E-state index contributed by atoms with van der Waals surface area (Å²) in [5.41, 5.74) is 2.17. The van der Waals surface area contributed by atoms with Crippen LogP contribution >= 0.6 is 0 Å². The van der Waals surface area contributed by atoms with Gasteiger partial charge in [0.15, 0.2) is 5.83 Å². The van der Waals surface area contributed by atoms with Gasteiger partial charge in [-0.2, -0.15) is 14.9 Å². The molecule has 0 heterocycles. The molecule has 2 aliphatic carbocycles. The van der Waals surface area contributed by atoms with Gasteiger partial charge in [0.05, 0.1) is 11.6 Å². The van der Waals surface area contributed by atoms with Crippen molar-refractivity contribution in [2.75, 3.05) is 0 Å². The summed E-state index contributed by atoms with van der Waals surface area (Å²) >= 11 is 0. The van der Waals surface area contributed by atoms with Crippen molar-refractivity contribution in [2.24, 2.45) is 17.8 Å². The van der Waals surface area contributed by atoms with Gasteiger partial charge in [-0.05, 0) is 86.0 Å². The molecular weight excluding hydrogens is 383 g/mol. The van der Waals surface area contributed by atoms with Gasteiger partial charge >= 0.3 is 0 Å². The van der Waals surface area contributed by atoms with Gasteiger partial charge < -0.3 is 0 Å². The molecule has 0 atom stereocenters. The number of benzene rings is 1. The van der Waals surface area contributed by atoms with E-state index < -0.39 is 5.83 Å². The SMILES string of the molecule is N#C/C(F)=C/C=C/CCC1CCC(CCC2CCC(c3ccc(C#N)cc3)CC2)CC1. The molecule has 0 N–H and O–H groups in total. The Kier molecular flexibility index (Phi) is 9.36. The number of nitriles is 2. The first kappa shape index (κ1) is 23.3. The first-order valence-corrected chi connectivity index (χ1v) is 12.1. The Morgan fingerprint density at radius 3 is 1.94 bits per heavy atom. The highest BCUT2D eigenvalue weighted by molar-refractivity contribution is 5.33. The van der Waals surface area contributed by atoms with Crippen molar-refractivity contribution < 1.29 is 4.39 Å². The largest absolute Gasteiger partial charge is 0.199 e. The lowest BCUT2D eigenvalue weighted by Crippen LogP contribution is -2.17. The van der Waals surface area contributed by atoms with E-state index in [1.54, 1.807) is 6.08 Å². The molecule has 0 saturated heterocycles. The van der Waals surface area contributed by atoms with E-state index in [0.717, 1.165) is 29.7 Å². The summed E-state index contributed by atoms with van der Waals surface area (Å²) in [4.78, 5) is 0. The number of hydrogen-bond acceptors (Lipinski definition) is 2. The van der Waals surface area contributed by atoms with Gasteiger partial charge in [0.25, 0.3) is 0 Å². The van der Waals surface area contributed by atoms with Crippen LogP contribution < -0.4 is 0 Å². The zero-order valence-corrected chi connectivity index (χ0v) is 18.6. The minimum Gasteiger partial charge on any atom is -0.195 e. The monoisotopic (exact) mass is 418 g/mol. The van der Waals surface area contributed by atoms with Crippen LogP contribution in [0.3, 0.4) is 0 Å². The second-order valence-electron chi connectivity index (χ2n) is 9.55. The Bertz CT molecular complexity index is 808. The van der Waals surface area contributed by atoms with Crippen molar-refractivity contribution >= 4 is 0 Å². The van der Waals surface area contributed by atoms with Crippen LogP contribution in [0.5, 0.6) is 0 Å². The summed E-state index contributed by atoms with van der Waals surface area (Å²) in [6.45, 7) is 0. The van der Waals surface area contributed by atoms with Crippen molar-refractivity contribution in [1.82, 2.24) is 0 Å². The van der Waals surface area contributed by atoms with E-state index in [1.807, 2.05) is 18.2 Å². The molecule has 164 valence electrons. The van der Waals surface area contributed by atoms with Crippen molar-refractivity contribution in [3.8, 4) is 12.1 Å². The lowest BCUT2D eigenvalue weighted by molar-refractivity contribution is 0.225. The Morgan fingerprint density at radius 2 is 1.39 bits per heavy atom. The Morgan fingerprint density at radius 1 is 0.839 bits per heavy atom. The number of rotatable bonds is 8. The average Bonchev–Trinajstić information content (AvgIpc) is 2.83. The molecule has 0 amide bonds. The molecule has 0 spiro atoms. The molecule has 3 rings (SSSR count). The first-order chi connectivity index (χ1) is 15.2. The second kappa shape index (κ2) is 12.5. The summed E-state index contributed by atoms with van der Waals surface area (Å²) in [6.07, 6.45) is 20.6. The van der Waals surface area contributed by atoms with E-state index in [1.165, 1.54) is 88.3 Å². The maximum absolute atomic E-state index is 12.7.